The van der Waals surface area contributed by atoms with Gasteiger partial charge in [-0.1, -0.05) is 11.8 Å². The molecular formula is C13H19N3O2S. The van der Waals surface area contributed by atoms with Crippen LogP contribution >= 0.6 is 11.8 Å². The number of carbonyl (C=O) groups is 1. The van der Waals surface area contributed by atoms with Gasteiger partial charge in [0, 0.05) is 18.8 Å². The van der Waals surface area contributed by atoms with Gasteiger partial charge in [-0.15, -0.1) is 0 Å². The molecule has 0 aromatic carbocycles. The van der Waals surface area contributed by atoms with Gasteiger partial charge in [-0.25, -0.2) is 4.98 Å². The topological polar surface area (TPSA) is 58.2 Å². The molecule has 5 nitrogen and oxygen atoms in total. The minimum absolute atomic E-state index is 0.183. The van der Waals surface area contributed by atoms with E-state index in [1.54, 1.807) is 0 Å². The minimum atomic E-state index is 0.183. The third-order valence-corrected chi connectivity index (χ3v) is 4.49. The normalized spacial score (nSPS) is 19.3. The second-order valence-corrected chi connectivity index (χ2v) is 5.92. The highest BCUT2D eigenvalue weighted by Crippen LogP contribution is 2.23. The molecule has 3 rings (SSSR count). The molecule has 0 atom stereocenters. The summed E-state index contributed by atoms with van der Waals surface area (Å²) in [5.41, 5.74) is 2.47. The number of amides is 1. The van der Waals surface area contributed by atoms with Crippen molar-refractivity contribution >= 4 is 17.7 Å². The average molecular weight is 281 g/mol. The van der Waals surface area contributed by atoms with E-state index >= 15 is 0 Å². The van der Waals surface area contributed by atoms with Gasteiger partial charge >= 0.3 is 0 Å². The van der Waals surface area contributed by atoms with Gasteiger partial charge in [-0.05, 0) is 25.7 Å². The highest BCUT2D eigenvalue weighted by Gasteiger charge is 2.19. The lowest BCUT2D eigenvalue weighted by molar-refractivity contribution is -0.132. The van der Waals surface area contributed by atoms with E-state index in [1.165, 1.54) is 36.0 Å². The van der Waals surface area contributed by atoms with Gasteiger partial charge in [-0.3, -0.25) is 4.79 Å². The van der Waals surface area contributed by atoms with E-state index in [2.05, 4.69) is 9.97 Å². The predicted molar refractivity (Wildman–Crippen MR) is 73.4 cm³/mol. The van der Waals surface area contributed by atoms with Crippen LogP contribution in [0.5, 0.6) is 0 Å². The Kier molecular flexibility index (Phi) is 4.08. The van der Waals surface area contributed by atoms with E-state index in [0.29, 0.717) is 32.1 Å². The van der Waals surface area contributed by atoms with Gasteiger partial charge in [0.2, 0.25) is 5.91 Å². The van der Waals surface area contributed by atoms with E-state index in [1.807, 2.05) is 4.90 Å². The number of H-pyrrole nitrogens is 1. The summed E-state index contributed by atoms with van der Waals surface area (Å²) in [5, 5.41) is 0.897. The van der Waals surface area contributed by atoms with Gasteiger partial charge < -0.3 is 14.6 Å². The lowest BCUT2D eigenvalue weighted by atomic mass is 10.0. The van der Waals surface area contributed by atoms with Crippen molar-refractivity contribution in [3.05, 3.63) is 11.4 Å². The Morgan fingerprint density at radius 1 is 1.32 bits per heavy atom. The molecule has 1 saturated heterocycles. The quantitative estimate of drug-likeness (QED) is 0.847. The SMILES string of the molecule is O=C(CSc1nc2c([nH]1)CCCC2)N1CCOCC1. The number of hydrogen-bond acceptors (Lipinski definition) is 4. The summed E-state index contributed by atoms with van der Waals surface area (Å²) in [6.07, 6.45) is 4.64. The van der Waals surface area contributed by atoms with Crippen molar-refractivity contribution in [1.29, 1.82) is 0 Å². The number of morpholine rings is 1. The molecule has 0 bridgehead atoms. The van der Waals surface area contributed by atoms with Gasteiger partial charge in [0.15, 0.2) is 5.16 Å². The number of carbonyl (C=O) groups excluding carboxylic acids is 1. The molecule has 0 unspecified atom stereocenters. The number of aromatic amines is 1. The fraction of sp³-hybridized carbons (Fsp3) is 0.692. The van der Waals surface area contributed by atoms with Crippen molar-refractivity contribution < 1.29 is 9.53 Å². The van der Waals surface area contributed by atoms with E-state index in [-0.39, 0.29) is 5.91 Å². The summed E-state index contributed by atoms with van der Waals surface area (Å²) in [6, 6.07) is 0. The first kappa shape index (κ1) is 13.0. The molecule has 2 aliphatic rings. The highest BCUT2D eigenvalue weighted by atomic mass is 32.2. The van der Waals surface area contributed by atoms with E-state index < -0.39 is 0 Å². The van der Waals surface area contributed by atoms with Crippen LogP contribution in [0.2, 0.25) is 0 Å². The van der Waals surface area contributed by atoms with Crippen molar-refractivity contribution in [2.45, 2.75) is 30.8 Å². The summed E-state index contributed by atoms with van der Waals surface area (Å²) in [5.74, 6) is 0.648. The number of nitrogens with zero attached hydrogens (tertiary/aromatic N) is 2. The molecule has 1 amide bonds. The maximum absolute atomic E-state index is 12.0. The smallest absolute Gasteiger partial charge is 0.233 e. The molecule has 1 aromatic heterocycles. The molecular weight excluding hydrogens is 262 g/mol. The number of rotatable bonds is 3. The van der Waals surface area contributed by atoms with Crippen LogP contribution < -0.4 is 0 Å². The van der Waals surface area contributed by atoms with Crippen LogP contribution in [0.25, 0.3) is 0 Å². The van der Waals surface area contributed by atoms with Crippen molar-refractivity contribution in [1.82, 2.24) is 14.9 Å². The number of ether oxygens (including phenoxy) is 1. The van der Waals surface area contributed by atoms with Crippen molar-refractivity contribution in [3.63, 3.8) is 0 Å². The molecule has 0 saturated carbocycles. The second kappa shape index (κ2) is 5.96. The first-order chi connectivity index (χ1) is 9.33. The van der Waals surface area contributed by atoms with Crippen molar-refractivity contribution in [2.75, 3.05) is 32.1 Å². The summed E-state index contributed by atoms with van der Waals surface area (Å²) in [4.78, 5) is 21.8. The Morgan fingerprint density at radius 3 is 2.89 bits per heavy atom. The Hall–Kier alpha value is -1.01. The zero-order chi connectivity index (χ0) is 13.1. The third-order valence-electron chi connectivity index (χ3n) is 3.63. The Bertz CT molecular complexity index is 431. The summed E-state index contributed by atoms with van der Waals surface area (Å²) in [6.45, 7) is 2.75. The van der Waals surface area contributed by atoms with Crippen LogP contribution in [0.3, 0.4) is 0 Å². The second-order valence-electron chi connectivity index (χ2n) is 4.96. The van der Waals surface area contributed by atoms with E-state index in [0.717, 1.165) is 18.0 Å². The summed E-state index contributed by atoms with van der Waals surface area (Å²) in [7, 11) is 0. The van der Waals surface area contributed by atoms with Crippen LogP contribution in [0.1, 0.15) is 24.2 Å². The third kappa shape index (κ3) is 3.12. The molecule has 104 valence electrons. The molecule has 2 heterocycles. The minimum Gasteiger partial charge on any atom is -0.378 e. The molecule has 6 heteroatoms. The molecule has 1 aromatic rings. The Balaban J connectivity index is 1.53. The van der Waals surface area contributed by atoms with Crippen LogP contribution in [-0.2, 0) is 22.4 Å². The number of fused-ring (bicyclic) bond motifs is 1. The maximum atomic E-state index is 12.0. The standard InChI is InChI=1S/C13H19N3O2S/c17-12(16-5-7-18-8-6-16)9-19-13-14-10-3-1-2-4-11(10)15-13/h1-9H2,(H,14,15). The van der Waals surface area contributed by atoms with Crippen LogP contribution in [0.4, 0.5) is 0 Å². The fourth-order valence-electron chi connectivity index (χ4n) is 2.53. The van der Waals surface area contributed by atoms with E-state index in [9.17, 15) is 4.79 Å². The van der Waals surface area contributed by atoms with Gasteiger partial charge in [0.25, 0.3) is 0 Å². The predicted octanol–water partition coefficient (Wildman–Crippen LogP) is 1.24. The zero-order valence-corrected chi connectivity index (χ0v) is 11.8. The lowest BCUT2D eigenvalue weighted by Gasteiger charge is -2.26. The highest BCUT2D eigenvalue weighted by molar-refractivity contribution is 7.99. The Morgan fingerprint density at radius 2 is 2.11 bits per heavy atom. The number of hydrogen-bond donors (Lipinski definition) is 1. The molecule has 0 spiro atoms. The van der Waals surface area contributed by atoms with Crippen LogP contribution in [0, 0.1) is 0 Å². The van der Waals surface area contributed by atoms with Gasteiger partial charge in [-0.2, -0.15) is 0 Å². The maximum Gasteiger partial charge on any atom is 0.233 e. The number of thioether (sulfide) groups is 1. The lowest BCUT2D eigenvalue weighted by Crippen LogP contribution is -2.41. The Labute approximate surface area is 117 Å². The fourth-order valence-corrected chi connectivity index (χ4v) is 3.34. The molecule has 1 aliphatic carbocycles. The number of nitrogens with one attached hydrogen (secondary N) is 1. The molecule has 1 aliphatic heterocycles. The first-order valence-corrected chi connectivity index (χ1v) is 7.87. The van der Waals surface area contributed by atoms with Gasteiger partial charge in [0.1, 0.15) is 0 Å². The summed E-state index contributed by atoms with van der Waals surface area (Å²) < 4.78 is 5.25. The monoisotopic (exact) mass is 281 g/mol. The molecule has 1 fully saturated rings. The van der Waals surface area contributed by atoms with Crippen molar-refractivity contribution in [3.8, 4) is 0 Å². The number of aryl methyl sites for hydroxylation is 2. The number of imidazole rings is 1. The average Bonchev–Trinajstić information content (AvgIpc) is 2.88. The largest absolute Gasteiger partial charge is 0.378 e. The molecule has 19 heavy (non-hydrogen) atoms. The molecule has 1 N–H and O–H groups in total. The molecule has 0 radical (unpaired) electrons. The zero-order valence-electron chi connectivity index (χ0n) is 11.0. The van der Waals surface area contributed by atoms with Crippen LogP contribution in [-0.4, -0.2) is 52.8 Å². The van der Waals surface area contributed by atoms with Crippen LogP contribution in [0.15, 0.2) is 5.16 Å². The van der Waals surface area contributed by atoms with Crippen molar-refractivity contribution in [2.24, 2.45) is 0 Å². The first-order valence-electron chi connectivity index (χ1n) is 6.89. The van der Waals surface area contributed by atoms with Gasteiger partial charge in [0.05, 0.1) is 24.7 Å². The van der Waals surface area contributed by atoms with E-state index in [4.69, 9.17) is 4.74 Å². The number of aromatic nitrogens is 2. The summed E-state index contributed by atoms with van der Waals surface area (Å²) >= 11 is 1.52.